The average molecular weight is 634 g/mol. The molecule has 1 aromatic carbocycles. The molecule has 0 saturated heterocycles. The number of pyridine rings is 1. The first-order valence-corrected chi connectivity index (χ1v) is 15.0. The van der Waals surface area contributed by atoms with Crippen LogP contribution in [0.1, 0.15) is 82.2 Å². The lowest BCUT2D eigenvalue weighted by molar-refractivity contribution is -0.129. The fourth-order valence-electron chi connectivity index (χ4n) is 5.08. The zero-order valence-corrected chi connectivity index (χ0v) is 26.8. The van der Waals surface area contributed by atoms with E-state index in [-0.39, 0.29) is 41.7 Å². The summed E-state index contributed by atoms with van der Waals surface area (Å²) in [7, 11) is 0. The number of Topliss-reactive ketones (excluding diaryl/α,β-unsaturated/α-hetero) is 1. The van der Waals surface area contributed by atoms with E-state index in [9.17, 15) is 14.4 Å². The molecule has 0 aliphatic heterocycles. The van der Waals surface area contributed by atoms with Crippen LogP contribution in [0.25, 0.3) is 22.0 Å². The Hall–Kier alpha value is -3.79. The van der Waals surface area contributed by atoms with Gasteiger partial charge in [-0.3, -0.25) is 19.1 Å². The van der Waals surface area contributed by atoms with Gasteiger partial charge in [0.2, 0.25) is 5.91 Å². The van der Waals surface area contributed by atoms with E-state index in [1.165, 1.54) is 16.5 Å². The van der Waals surface area contributed by atoms with E-state index in [0.717, 1.165) is 16.7 Å². The molecular formula is C32H37BrN6O3. The summed E-state index contributed by atoms with van der Waals surface area (Å²) in [5.41, 5.74) is 3.28. The maximum Gasteiger partial charge on any atom is 0.256 e. The molecule has 10 heteroatoms. The summed E-state index contributed by atoms with van der Waals surface area (Å²) in [6, 6.07) is 9.28. The van der Waals surface area contributed by atoms with Gasteiger partial charge in [-0.25, -0.2) is 19.9 Å². The third-order valence-electron chi connectivity index (χ3n) is 7.26. The summed E-state index contributed by atoms with van der Waals surface area (Å²) in [6.07, 6.45) is 4.70. The number of hydrogen-bond donors (Lipinski definition) is 0. The summed E-state index contributed by atoms with van der Waals surface area (Å²) < 4.78 is 2.03. The standard InChI is InChI=1S/C32H37BrN6O3/c1-8-22(13-18(2)3)32(42)39(31-25(19(4)5)10-12-28(33)36-31)29(41)17-38-27-11-9-23(24-15-34-21(7)35-16-24)14-26(27)30(37-38)20(6)40/h9-12,14-16,18-19,22H,8,13,17H2,1-7H3. The summed E-state index contributed by atoms with van der Waals surface area (Å²) in [5.74, 6) is -0.0503. The van der Waals surface area contributed by atoms with Crippen molar-refractivity contribution in [3.63, 3.8) is 0 Å². The van der Waals surface area contributed by atoms with Crippen molar-refractivity contribution < 1.29 is 14.4 Å². The van der Waals surface area contributed by atoms with Gasteiger partial charge < -0.3 is 0 Å². The molecule has 0 spiro atoms. The van der Waals surface area contributed by atoms with Crippen LogP contribution in [0.2, 0.25) is 0 Å². The Morgan fingerprint density at radius 3 is 2.29 bits per heavy atom. The van der Waals surface area contributed by atoms with Gasteiger partial charge in [0.1, 0.15) is 28.5 Å². The normalized spacial score (nSPS) is 12.2. The molecule has 4 rings (SSSR count). The smallest absolute Gasteiger partial charge is 0.256 e. The average Bonchev–Trinajstić information content (AvgIpc) is 3.29. The third-order valence-corrected chi connectivity index (χ3v) is 7.70. The van der Waals surface area contributed by atoms with Gasteiger partial charge in [-0.1, -0.05) is 46.8 Å². The van der Waals surface area contributed by atoms with Crippen LogP contribution in [-0.4, -0.2) is 42.3 Å². The van der Waals surface area contributed by atoms with Gasteiger partial charge in [0.15, 0.2) is 5.78 Å². The third kappa shape index (κ3) is 6.64. The van der Waals surface area contributed by atoms with Crippen LogP contribution in [0, 0.1) is 18.8 Å². The van der Waals surface area contributed by atoms with Crippen LogP contribution in [0.4, 0.5) is 5.82 Å². The molecule has 4 aromatic rings. The molecular weight excluding hydrogens is 596 g/mol. The molecule has 0 bridgehead atoms. The van der Waals surface area contributed by atoms with Crippen LogP contribution in [-0.2, 0) is 16.1 Å². The minimum absolute atomic E-state index is 0.0212. The fraction of sp³-hybridized carbons (Fsp3) is 0.406. The number of anilines is 1. The number of fused-ring (bicyclic) bond motifs is 1. The van der Waals surface area contributed by atoms with Gasteiger partial charge in [0.05, 0.1) is 5.52 Å². The lowest BCUT2D eigenvalue weighted by Crippen LogP contribution is -2.44. The number of amides is 2. The molecule has 0 aliphatic rings. The first kappa shape index (κ1) is 31.2. The highest BCUT2D eigenvalue weighted by atomic mass is 79.9. The van der Waals surface area contributed by atoms with E-state index in [1.807, 2.05) is 58.0 Å². The molecule has 3 heterocycles. The van der Waals surface area contributed by atoms with Crippen LogP contribution in [0.15, 0.2) is 47.3 Å². The Labute approximate surface area is 254 Å². The Bertz CT molecular complexity index is 1630. The predicted octanol–water partition coefficient (Wildman–Crippen LogP) is 6.92. The Morgan fingerprint density at radius 1 is 1.00 bits per heavy atom. The number of hydrogen-bond acceptors (Lipinski definition) is 7. The first-order valence-electron chi connectivity index (χ1n) is 14.2. The van der Waals surface area contributed by atoms with Gasteiger partial charge in [0, 0.05) is 36.2 Å². The number of aromatic nitrogens is 5. The van der Waals surface area contributed by atoms with Crippen molar-refractivity contribution in [1.29, 1.82) is 0 Å². The minimum Gasteiger partial charge on any atom is -0.293 e. The van der Waals surface area contributed by atoms with Gasteiger partial charge in [-0.05, 0) is 76.9 Å². The minimum atomic E-state index is -0.467. The molecule has 2 amide bonds. The maximum atomic E-state index is 14.2. The molecule has 42 heavy (non-hydrogen) atoms. The topological polar surface area (TPSA) is 111 Å². The number of rotatable bonds is 10. The highest BCUT2D eigenvalue weighted by Gasteiger charge is 2.33. The zero-order chi connectivity index (χ0) is 30.7. The molecule has 0 radical (unpaired) electrons. The van der Waals surface area contributed by atoms with Gasteiger partial charge in [-0.15, -0.1) is 0 Å². The largest absolute Gasteiger partial charge is 0.293 e. The number of carbonyl (C=O) groups is 3. The van der Waals surface area contributed by atoms with Crippen LogP contribution in [0.5, 0.6) is 0 Å². The SMILES string of the molecule is CCC(CC(C)C)C(=O)N(C(=O)Cn1nc(C(C)=O)c2cc(-c3cnc(C)nc3)ccc21)c1nc(Br)ccc1C(C)C. The van der Waals surface area contributed by atoms with E-state index >= 15 is 0 Å². The van der Waals surface area contributed by atoms with Crippen molar-refractivity contribution in [3.05, 3.63) is 64.4 Å². The van der Waals surface area contributed by atoms with Gasteiger partial charge in [0.25, 0.3) is 5.91 Å². The van der Waals surface area contributed by atoms with Crippen molar-refractivity contribution in [2.45, 2.75) is 73.8 Å². The number of benzene rings is 1. The van der Waals surface area contributed by atoms with E-state index in [1.54, 1.807) is 12.4 Å². The number of halogens is 1. The lowest BCUT2D eigenvalue weighted by Gasteiger charge is -2.28. The fourth-order valence-corrected chi connectivity index (χ4v) is 5.38. The number of carbonyl (C=O) groups excluding carboxylic acids is 3. The molecule has 0 aliphatic carbocycles. The predicted molar refractivity (Wildman–Crippen MR) is 167 cm³/mol. The number of nitrogens with zero attached hydrogens (tertiary/aromatic N) is 6. The van der Waals surface area contributed by atoms with Crippen molar-refractivity contribution in [3.8, 4) is 11.1 Å². The number of aryl methyl sites for hydroxylation is 1. The molecule has 0 N–H and O–H groups in total. The molecule has 9 nitrogen and oxygen atoms in total. The van der Waals surface area contributed by atoms with E-state index in [2.05, 4.69) is 49.8 Å². The molecule has 220 valence electrons. The zero-order valence-electron chi connectivity index (χ0n) is 25.2. The van der Waals surface area contributed by atoms with Crippen molar-refractivity contribution in [2.75, 3.05) is 4.90 Å². The molecule has 1 unspecified atom stereocenters. The molecule has 0 saturated carbocycles. The Balaban J connectivity index is 1.81. The highest BCUT2D eigenvalue weighted by molar-refractivity contribution is 9.10. The maximum absolute atomic E-state index is 14.2. The van der Waals surface area contributed by atoms with E-state index in [0.29, 0.717) is 40.0 Å². The monoisotopic (exact) mass is 632 g/mol. The summed E-state index contributed by atoms with van der Waals surface area (Å²) in [5, 5.41) is 5.16. The van der Waals surface area contributed by atoms with Crippen LogP contribution >= 0.6 is 15.9 Å². The second-order valence-electron chi connectivity index (χ2n) is 11.3. The highest BCUT2D eigenvalue weighted by Crippen LogP contribution is 2.32. The van der Waals surface area contributed by atoms with Crippen molar-refractivity contribution >= 4 is 50.2 Å². The quantitative estimate of drug-likeness (QED) is 0.138. The molecule has 0 fully saturated rings. The Morgan fingerprint density at radius 2 is 1.69 bits per heavy atom. The van der Waals surface area contributed by atoms with Gasteiger partial charge in [-0.2, -0.15) is 5.10 Å². The summed E-state index contributed by atoms with van der Waals surface area (Å²) in [4.78, 5) is 55.3. The number of ketones is 1. The Kier molecular flexibility index (Phi) is 9.66. The van der Waals surface area contributed by atoms with Crippen LogP contribution in [0.3, 0.4) is 0 Å². The van der Waals surface area contributed by atoms with Gasteiger partial charge >= 0.3 is 0 Å². The van der Waals surface area contributed by atoms with E-state index < -0.39 is 5.91 Å². The summed E-state index contributed by atoms with van der Waals surface area (Å²) in [6.45, 7) is 13.1. The van der Waals surface area contributed by atoms with Crippen molar-refractivity contribution in [2.24, 2.45) is 11.8 Å². The molecule has 1 atom stereocenters. The number of imide groups is 1. The second kappa shape index (κ2) is 13.0. The van der Waals surface area contributed by atoms with Crippen molar-refractivity contribution in [1.82, 2.24) is 24.7 Å². The second-order valence-corrected chi connectivity index (χ2v) is 12.1. The first-order chi connectivity index (χ1) is 19.9. The van der Waals surface area contributed by atoms with E-state index in [4.69, 9.17) is 0 Å². The lowest BCUT2D eigenvalue weighted by atomic mass is 9.93. The summed E-state index contributed by atoms with van der Waals surface area (Å²) >= 11 is 3.43. The molecule has 3 aromatic heterocycles. The van der Waals surface area contributed by atoms with Crippen LogP contribution < -0.4 is 4.90 Å².